The van der Waals surface area contributed by atoms with E-state index in [1.807, 2.05) is 18.2 Å². The summed E-state index contributed by atoms with van der Waals surface area (Å²) in [5.74, 6) is 2.30. The molecule has 18 heavy (non-hydrogen) atoms. The SMILES string of the molecule is COc1cc(N)cc(NC2CCCC(C)C2C)c1. The minimum Gasteiger partial charge on any atom is -0.497 e. The molecule has 2 rings (SSSR count). The number of methoxy groups -OCH3 is 1. The molecule has 1 aromatic carbocycles. The van der Waals surface area contributed by atoms with Crippen LogP contribution in [0.1, 0.15) is 33.1 Å². The number of benzene rings is 1. The van der Waals surface area contributed by atoms with Crippen molar-refractivity contribution >= 4 is 11.4 Å². The zero-order valence-electron chi connectivity index (χ0n) is 11.6. The predicted molar refractivity (Wildman–Crippen MR) is 77.0 cm³/mol. The third-order valence-corrected chi connectivity index (χ3v) is 4.22. The topological polar surface area (TPSA) is 47.3 Å². The van der Waals surface area contributed by atoms with Gasteiger partial charge in [-0.2, -0.15) is 0 Å². The summed E-state index contributed by atoms with van der Waals surface area (Å²) in [7, 11) is 1.67. The van der Waals surface area contributed by atoms with Crippen LogP contribution in [-0.4, -0.2) is 13.2 Å². The van der Waals surface area contributed by atoms with Crippen molar-refractivity contribution in [3.63, 3.8) is 0 Å². The number of nitrogens with two attached hydrogens (primary N) is 1. The Kier molecular flexibility index (Phi) is 4.00. The van der Waals surface area contributed by atoms with Gasteiger partial charge in [-0.05, 0) is 24.3 Å². The second-order valence-corrected chi connectivity index (χ2v) is 5.51. The molecule has 3 unspecified atom stereocenters. The lowest BCUT2D eigenvalue weighted by atomic mass is 9.78. The average Bonchev–Trinajstić information content (AvgIpc) is 2.34. The highest BCUT2D eigenvalue weighted by Gasteiger charge is 2.26. The highest BCUT2D eigenvalue weighted by atomic mass is 16.5. The van der Waals surface area contributed by atoms with Crippen LogP contribution in [0.3, 0.4) is 0 Å². The smallest absolute Gasteiger partial charge is 0.122 e. The zero-order chi connectivity index (χ0) is 13.1. The van der Waals surface area contributed by atoms with Crippen LogP contribution < -0.4 is 15.8 Å². The molecule has 0 aromatic heterocycles. The molecular weight excluding hydrogens is 224 g/mol. The van der Waals surface area contributed by atoms with Crippen LogP contribution in [0.4, 0.5) is 11.4 Å². The molecule has 0 saturated heterocycles. The summed E-state index contributed by atoms with van der Waals surface area (Å²) in [5.41, 5.74) is 7.69. The number of ether oxygens (including phenoxy) is 1. The molecule has 0 amide bonds. The van der Waals surface area contributed by atoms with E-state index < -0.39 is 0 Å². The monoisotopic (exact) mass is 248 g/mol. The lowest BCUT2D eigenvalue weighted by molar-refractivity contribution is 0.253. The van der Waals surface area contributed by atoms with Gasteiger partial charge in [0.2, 0.25) is 0 Å². The molecule has 0 radical (unpaired) electrons. The third-order valence-electron chi connectivity index (χ3n) is 4.22. The van der Waals surface area contributed by atoms with Crippen LogP contribution in [0.15, 0.2) is 18.2 Å². The second kappa shape index (κ2) is 5.51. The fraction of sp³-hybridized carbons (Fsp3) is 0.600. The van der Waals surface area contributed by atoms with Gasteiger partial charge in [0, 0.05) is 29.5 Å². The molecule has 0 spiro atoms. The first-order valence-electron chi connectivity index (χ1n) is 6.81. The number of anilines is 2. The van der Waals surface area contributed by atoms with Gasteiger partial charge in [-0.3, -0.25) is 0 Å². The van der Waals surface area contributed by atoms with Gasteiger partial charge in [0.25, 0.3) is 0 Å². The Morgan fingerprint density at radius 1 is 1.22 bits per heavy atom. The Balaban J connectivity index is 2.10. The van der Waals surface area contributed by atoms with E-state index in [0.717, 1.165) is 23.0 Å². The fourth-order valence-corrected chi connectivity index (χ4v) is 2.82. The number of hydrogen-bond donors (Lipinski definition) is 2. The summed E-state index contributed by atoms with van der Waals surface area (Å²) in [6.45, 7) is 4.68. The molecule has 3 heteroatoms. The van der Waals surface area contributed by atoms with E-state index in [0.29, 0.717) is 12.0 Å². The maximum Gasteiger partial charge on any atom is 0.122 e. The molecule has 1 fully saturated rings. The van der Waals surface area contributed by atoms with Crippen molar-refractivity contribution in [2.45, 2.75) is 39.2 Å². The Morgan fingerprint density at radius 2 is 2.00 bits per heavy atom. The van der Waals surface area contributed by atoms with E-state index in [1.54, 1.807) is 7.11 Å². The van der Waals surface area contributed by atoms with E-state index in [1.165, 1.54) is 19.3 Å². The van der Waals surface area contributed by atoms with Crippen molar-refractivity contribution in [2.75, 3.05) is 18.2 Å². The molecule has 100 valence electrons. The molecule has 3 nitrogen and oxygen atoms in total. The summed E-state index contributed by atoms with van der Waals surface area (Å²) in [6, 6.07) is 6.38. The molecule has 0 heterocycles. The predicted octanol–water partition coefficient (Wildman–Crippen LogP) is 3.51. The van der Waals surface area contributed by atoms with Crippen molar-refractivity contribution in [1.82, 2.24) is 0 Å². The molecule has 1 saturated carbocycles. The maximum absolute atomic E-state index is 5.88. The molecule has 3 atom stereocenters. The van der Waals surface area contributed by atoms with Gasteiger partial charge in [-0.1, -0.05) is 26.7 Å². The first kappa shape index (κ1) is 13.1. The van der Waals surface area contributed by atoms with Gasteiger partial charge in [-0.15, -0.1) is 0 Å². The number of nitrogens with one attached hydrogen (secondary N) is 1. The van der Waals surface area contributed by atoms with Crippen LogP contribution in [0.2, 0.25) is 0 Å². The lowest BCUT2D eigenvalue weighted by Gasteiger charge is -2.35. The van der Waals surface area contributed by atoms with Crippen molar-refractivity contribution in [3.05, 3.63) is 18.2 Å². The van der Waals surface area contributed by atoms with Crippen LogP contribution in [0.5, 0.6) is 5.75 Å². The third kappa shape index (κ3) is 2.89. The van der Waals surface area contributed by atoms with Gasteiger partial charge < -0.3 is 15.8 Å². The summed E-state index contributed by atoms with van der Waals surface area (Å²) < 4.78 is 5.25. The zero-order valence-corrected chi connectivity index (χ0v) is 11.6. The maximum atomic E-state index is 5.88. The van der Waals surface area contributed by atoms with Gasteiger partial charge in [0.15, 0.2) is 0 Å². The molecule has 1 aliphatic carbocycles. The molecule has 1 aromatic rings. The molecule has 0 aliphatic heterocycles. The highest BCUT2D eigenvalue weighted by Crippen LogP contribution is 2.32. The quantitative estimate of drug-likeness (QED) is 0.805. The first-order valence-corrected chi connectivity index (χ1v) is 6.81. The number of nitrogen functional groups attached to an aromatic ring is 1. The van der Waals surface area contributed by atoms with Crippen LogP contribution in [0, 0.1) is 11.8 Å². The number of hydrogen-bond acceptors (Lipinski definition) is 3. The summed E-state index contributed by atoms with van der Waals surface area (Å²) >= 11 is 0. The summed E-state index contributed by atoms with van der Waals surface area (Å²) in [4.78, 5) is 0. The summed E-state index contributed by atoms with van der Waals surface area (Å²) in [6.07, 6.45) is 3.89. The Morgan fingerprint density at radius 3 is 2.72 bits per heavy atom. The fourth-order valence-electron chi connectivity index (χ4n) is 2.82. The van der Waals surface area contributed by atoms with Gasteiger partial charge >= 0.3 is 0 Å². The van der Waals surface area contributed by atoms with Gasteiger partial charge in [0.05, 0.1) is 7.11 Å². The van der Waals surface area contributed by atoms with Crippen molar-refractivity contribution in [1.29, 1.82) is 0 Å². The second-order valence-electron chi connectivity index (χ2n) is 5.51. The molecular formula is C15H24N2O. The van der Waals surface area contributed by atoms with E-state index in [-0.39, 0.29) is 0 Å². The lowest BCUT2D eigenvalue weighted by Crippen LogP contribution is -2.35. The first-order chi connectivity index (χ1) is 8.60. The molecule has 3 N–H and O–H groups in total. The van der Waals surface area contributed by atoms with Crippen molar-refractivity contribution in [3.8, 4) is 5.75 Å². The van der Waals surface area contributed by atoms with Crippen LogP contribution >= 0.6 is 0 Å². The highest BCUT2D eigenvalue weighted by molar-refractivity contribution is 5.59. The average molecular weight is 248 g/mol. The van der Waals surface area contributed by atoms with Crippen molar-refractivity contribution < 1.29 is 4.74 Å². The van der Waals surface area contributed by atoms with E-state index in [2.05, 4.69) is 19.2 Å². The van der Waals surface area contributed by atoms with Gasteiger partial charge in [0.1, 0.15) is 5.75 Å². The van der Waals surface area contributed by atoms with E-state index >= 15 is 0 Å². The Bertz CT molecular complexity index is 405. The largest absolute Gasteiger partial charge is 0.497 e. The normalized spacial score (nSPS) is 27.8. The molecule has 1 aliphatic rings. The summed E-state index contributed by atoms with van der Waals surface area (Å²) in [5, 5.41) is 3.62. The van der Waals surface area contributed by atoms with Crippen LogP contribution in [-0.2, 0) is 0 Å². The van der Waals surface area contributed by atoms with E-state index in [9.17, 15) is 0 Å². The van der Waals surface area contributed by atoms with Crippen LogP contribution in [0.25, 0.3) is 0 Å². The molecule has 0 bridgehead atoms. The van der Waals surface area contributed by atoms with Gasteiger partial charge in [-0.25, -0.2) is 0 Å². The Hall–Kier alpha value is -1.38. The number of rotatable bonds is 3. The standard InChI is InChI=1S/C15H24N2O/c1-10-5-4-6-15(11(10)2)17-13-7-12(16)8-14(9-13)18-3/h7-11,15,17H,4-6,16H2,1-3H3. The van der Waals surface area contributed by atoms with E-state index in [4.69, 9.17) is 10.5 Å². The van der Waals surface area contributed by atoms with Crippen molar-refractivity contribution in [2.24, 2.45) is 11.8 Å². The minimum atomic E-state index is 0.542. The minimum absolute atomic E-state index is 0.542. The Labute approximate surface area is 110 Å².